The molecule has 0 saturated carbocycles. The zero-order valence-electron chi connectivity index (χ0n) is 15.6. The second kappa shape index (κ2) is 10.1. The molecule has 0 atom stereocenters. The largest absolute Gasteiger partial charge is 0.481 e. The molecule has 0 fully saturated rings. The fourth-order valence-corrected chi connectivity index (χ4v) is 2.27. The highest BCUT2D eigenvalue weighted by atomic mass is 35.5. The van der Waals surface area contributed by atoms with E-state index in [-0.39, 0.29) is 22.0 Å². The summed E-state index contributed by atoms with van der Waals surface area (Å²) in [4.78, 5) is 22.2. The first-order valence-corrected chi connectivity index (χ1v) is 8.26. The van der Waals surface area contributed by atoms with E-state index in [1.807, 2.05) is 0 Å². The monoisotopic (exact) mass is 436 g/mol. The van der Waals surface area contributed by atoms with E-state index in [0.29, 0.717) is 0 Å². The lowest BCUT2D eigenvalue weighted by Crippen LogP contribution is -2.32. The molecule has 0 saturated heterocycles. The van der Waals surface area contributed by atoms with Gasteiger partial charge < -0.3 is 14.5 Å². The number of benzene rings is 1. The number of aromatic nitrogens is 1. The Labute approximate surface area is 168 Å². The number of carboxylic acid groups (broad SMARTS) is 1. The number of allylic oxidation sites excluding steroid dienone is 1. The van der Waals surface area contributed by atoms with Crippen LogP contribution in [0.25, 0.3) is 16.8 Å². The maximum Gasteiger partial charge on any atom is 0.337 e. The van der Waals surface area contributed by atoms with Crippen LogP contribution >= 0.6 is 11.6 Å². The minimum absolute atomic E-state index is 0.0263. The molecule has 0 aliphatic carbocycles. The first-order chi connectivity index (χ1) is 13.4. The number of aliphatic carboxylic acids is 1. The molecule has 1 N–H and O–H groups in total. The van der Waals surface area contributed by atoms with Gasteiger partial charge in [-0.05, 0) is 12.1 Å². The number of alkyl halides is 3. The Morgan fingerprint density at radius 3 is 2.41 bits per heavy atom. The summed E-state index contributed by atoms with van der Waals surface area (Å²) in [5, 5.41) is 11.0. The number of nitrogens with zero attached hydrogens (tertiary/aromatic N) is 2. The minimum Gasteiger partial charge on any atom is -0.481 e. The summed E-state index contributed by atoms with van der Waals surface area (Å²) in [7, 11) is 2.96. The van der Waals surface area contributed by atoms with E-state index in [2.05, 4.69) is 5.16 Å². The normalized spacial score (nSPS) is 11.5. The maximum atomic E-state index is 13.9. The number of carboxylic acids is 1. The van der Waals surface area contributed by atoms with Gasteiger partial charge in [0, 0.05) is 33.3 Å². The maximum absolute atomic E-state index is 13.9. The van der Waals surface area contributed by atoms with Gasteiger partial charge >= 0.3 is 5.92 Å². The second-order valence-electron chi connectivity index (χ2n) is 5.87. The molecule has 0 aliphatic heterocycles. The zero-order chi connectivity index (χ0) is 22.4. The number of Topliss-reactive ketones (excluding diaryl/α,β-unsaturated/α-hetero) is 1. The molecular weight excluding hydrogens is 420 g/mol. The van der Waals surface area contributed by atoms with E-state index < -0.39 is 35.7 Å². The van der Waals surface area contributed by atoms with Gasteiger partial charge in [0.15, 0.2) is 12.4 Å². The highest BCUT2D eigenvalue weighted by Crippen LogP contribution is 2.33. The van der Waals surface area contributed by atoms with E-state index in [1.54, 1.807) is 0 Å². The van der Waals surface area contributed by atoms with Crippen molar-refractivity contribution in [3.63, 3.8) is 0 Å². The Morgan fingerprint density at radius 2 is 1.93 bits per heavy atom. The van der Waals surface area contributed by atoms with Gasteiger partial charge in [-0.2, -0.15) is 8.78 Å². The van der Waals surface area contributed by atoms with Crippen LogP contribution in [-0.4, -0.2) is 53.6 Å². The van der Waals surface area contributed by atoms with E-state index in [1.165, 1.54) is 31.1 Å². The number of hydrogen-bond donors (Lipinski definition) is 1. The second-order valence-corrected chi connectivity index (χ2v) is 6.27. The summed E-state index contributed by atoms with van der Waals surface area (Å²) in [5.74, 6) is -7.89. The molecule has 29 heavy (non-hydrogen) atoms. The van der Waals surface area contributed by atoms with Crippen molar-refractivity contribution in [1.82, 2.24) is 10.1 Å². The SMILES string of the molecule is CC(=O)O.CN(C)/C=C(\C(=O)C(F)(F)CF)c1cc(-c2c(F)cccc2Cl)no1. The molecule has 1 heterocycles. The number of ketones is 1. The molecule has 158 valence electrons. The first-order valence-electron chi connectivity index (χ1n) is 7.88. The lowest BCUT2D eigenvalue weighted by atomic mass is 10.0. The van der Waals surface area contributed by atoms with Crippen molar-refractivity contribution in [2.75, 3.05) is 20.8 Å². The topological polar surface area (TPSA) is 83.6 Å². The van der Waals surface area contributed by atoms with Gasteiger partial charge in [0.2, 0.25) is 5.78 Å². The van der Waals surface area contributed by atoms with Crippen LogP contribution in [0.3, 0.4) is 0 Å². The number of carbonyl (C=O) groups is 2. The van der Waals surface area contributed by atoms with Crippen molar-refractivity contribution in [2.45, 2.75) is 12.8 Å². The zero-order valence-corrected chi connectivity index (χ0v) is 16.3. The standard InChI is InChI=1S/C16H13ClF4N2O2.C2H4O2/c1-23(2)7-9(15(24)16(20,21)8-18)13-6-12(22-25-13)14-10(17)4-3-5-11(14)19;1-2(3)4/h3-7H,8H2,1-2H3;1H3,(H,3,4)/b9-7-;. The van der Waals surface area contributed by atoms with E-state index in [9.17, 15) is 22.4 Å². The highest BCUT2D eigenvalue weighted by molar-refractivity contribution is 6.33. The Balaban J connectivity index is 0.000000960. The quantitative estimate of drug-likeness (QED) is 0.537. The third-order valence-corrected chi connectivity index (χ3v) is 3.44. The Bertz CT molecular complexity index is 889. The molecule has 0 amide bonds. The highest BCUT2D eigenvalue weighted by Gasteiger charge is 2.42. The Hall–Kier alpha value is -2.88. The fraction of sp³-hybridized carbons (Fsp3) is 0.278. The van der Waals surface area contributed by atoms with Crippen LogP contribution in [0, 0.1) is 5.82 Å². The molecule has 0 radical (unpaired) electrons. The molecule has 0 bridgehead atoms. The summed E-state index contributed by atoms with van der Waals surface area (Å²) in [6.07, 6.45) is 1.04. The number of halogens is 5. The summed E-state index contributed by atoms with van der Waals surface area (Å²) in [5.41, 5.74) is -0.786. The van der Waals surface area contributed by atoms with Crippen molar-refractivity contribution in [3.05, 3.63) is 47.1 Å². The predicted octanol–water partition coefficient (Wildman–Crippen LogP) is 4.30. The molecule has 0 spiro atoms. The lowest BCUT2D eigenvalue weighted by Gasteiger charge is -2.14. The summed E-state index contributed by atoms with van der Waals surface area (Å²) in [6.45, 7) is -1.07. The van der Waals surface area contributed by atoms with Crippen LogP contribution in [0.2, 0.25) is 5.02 Å². The summed E-state index contributed by atoms with van der Waals surface area (Å²) in [6, 6.07) is 5.01. The Morgan fingerprint density at radius 1 is 1.34 bits per heavy atom. The van der Waals surface area contributed by atoms with Crippen molar-refractivity contribution in [3.8, 4) is 11.3 Å². The third kappa shape index (κ3) is 6.60. The summed E-state index contributed by atoms with van der Waals surface area (Å²) >= 11 is 5.91. The Kier molecular flexibility index (Phi) is 8.38. The van der Waals surface area contributed by atoms with Crippen LogP contribution in [0.15, 0.2) is 35.0 Å². The average molecular weight is 437 g/mol. The molecule has 0 aliphatic rings. The lowest BCUT2D eigenvalue weighted by molar-refractivity contribution is -0.138. The molecule has 0 unspecified atom stereocenters. The number of rotatable bonds is 6. The molecule has 6 nitrogen and oxygen atoms in total. The average Bonchev–Trinajstić information content (AvgIpc) is 3.07. The van der Waals surface area contributed by atoms with Crippen LogP contribution in [-0.2, 0) is 9.59 Å². The van der Waals surface area contributed by atoms with Crippen molar-refractivity contribution in [2.24, 2.45) is 0 Å². The predicted molar refractivity (Wildman–Crippen MR) is 97.8 cm³/mol. The van der Waals surface area contributed by atoms with Gasteiger partial charge in [0.1, 0.15) is 11.5 Å². The molecule has 2 aromatic rings. The molecule has 11 heteroatoms. The van der Waals surface area contributed by atoms with Gasteiger partial charge in [0.05, 0.1) is 16.2 Å². The van der Waals surface area contributed by atoms with Gasteiger partial charge in [-0.25, -0.2) is 8.78 Å². The van der Waals surface area contributed by atoms with Gasteiger partial charge in [-0.15, -0.1) is 0 Å². The van der Waals surface area contributed by atoms with Crippen LogP contribution < -0.4 is 0 Å². The molecule has 2 rings (SSSR count). The van der Waals surface area contributed by atoms with Crippen LogP contribution in [0.5, 0.6) is 0 Å². The number of carbonyl (C=O) groups excluding carboxylic acids is 1. The van der Waals surface area contributed by atoms with Gasteiger partial charge in [-0.1, -0.05) is 22.8 Å². The van der Waals surface area contributed by atoms with Crippen molar-refractivity contribution < 1.29 is 36.8 Å². The molecule has 1 aromatic carbocycles. The minimum atomic E-state index is -4.22. The van der Waals surface area contributed by atoms with Crippen LogP contribution in [0.1, 0.15) is 12.7 Å². The third-order valence-electron chi connectivity index (χ3n) is 3.13. The van der Waals surface area contributed by atoms with Crippen LogP contribution in [0.4, 0.5) is 17.6 Å². The van der Waals surface area contributed by atoms with E-state index in [4.69, 9.17) is 26.0 Å². The van der Waals surface area contributed by atoms with Crippen molar-refractivity contribution in [1.29, 1.82) is 0 Å². The van der Waals surface area contributed by atoms with E-state index >= 15 is 0 Å². The first kappa shape index (κ1) is 24.2. The van der Waals surface area contributed by atoms with E-state index in [0.717, 1.165) is 25.3 Å². The number of hydrogen-bond acceptors (Lipinski definition) is 5. The molecular formula is C18H17ClF4N2O4. The molecule has 1 aromatic heterocycles. The fourth-order valence-electron chi connectivity index (χ4n) is 2.01. The van der Waals surface area contributed by atoms with Gasteiger partial charge in [-0.3, -0.25) is 9.59 Å². The van der Waals surface area contributed by atoms with Gasteiger partial charge in [0.25, 0.3) is 5.97 Å². The van der Waals surface area contributed by atoms with Crippen molar-refractivity contribution >= 4 is 28.9 Å². The summed E-state index contributed by atoms with van der Waals surface area (Å²) < 4.78 is 58.3. The smallest absolute Gasteiger partial charge is 0.337 e.